The molecule has 0 bridgehead atoms. The van der Waals surface area contributed by atoms with E-state index in [1.54, 1.807) is 41.3 Å². The summed E-state index contributed by atoms with van der Waals surface area (Å²) in [4.78, 5) is 50.7. The Kier molecular flexibility index (Phi) is 7.83. The molecule has 0 aromatic heterocycles. The molecule has 182 valence electrons. The largest absolute Gasteiger partial charge is 0.488 e. The van der Waals surface area contributed by atoms with Crippen molar-refractivity contribution in [2.24, 2.45) is 0 Å². The molecule has 12 heteroatoms. The van der Waals surface area contributed by atoms with Crippen molar-refractivity contribution in [3.63, 3.8) is 0 Å². The van der Waals surface area contributed by atoms with Crippen LogP contribution in [0.25, 0.3) is 6.08 Å². The predicted octanol–water partition coefficient (Wildman–Crippen LogP) is 3.83. The summed E-state index contributed by atoms with van der Waals surface area (Å²) in [5.74, 6) is -0.241. The summed E-state index contributed by atoms with van der Waals surface area (Å²) < 4.78 is 11.6. The molecule has 2 saturated heterocycles. The van der Waals surface area contributed by atoms with Crippen molar-refractivity contribution in [1.29, 1.82) is 0 Å². The van der Waals surface area contributed by atoms with Crippen LogP contribution in [-0.2, 0) is 20.9 Å². The number of nitrogens with zero attached hydrogens (tertiary/aromatic N) is 3. The summed E-state index contributed by atoms with van der Waals surface area (Å²) in [7, 11) is 0. The summed E-state index contributed by atoms with van der Waals surface area (Å²) >= 11 is 4.24. The lowest BCUT2D eigenvalue weighted by Crippen LogP contribution is -2.46. The minimum Gasteiger partial charge on any atom is -0.488 e. The molecule has 3 amide bonds. The average molecular weight is 562 g/mol. The van der Waals surface area contributed by atoms with Gasteiger partial charge in [0.15, 0.2) is 0 Å². The highest BCUT2D eigenvalue weighted by molar-refractivity contribution is 9.10. The normalized spacial score (nSPS) is 17.2. The highest BCUT2D eigenvalue weighted by Gasteiger charge is 2.37. The second-order valence-electron chi connectivity index (χ2n) is 7.66. The van der Waals surface area contributed by atoms with Crippen LogP contribution in [0.4, 0.5) is 10.5 Å². The number of hydrogen-bond acceptors (Lipinski definition) is 8. The molecular formula is C23H20BrN3O7S. The first-order chi connectivity index (χ1) is 16.8. The summed E-state index contributed by atoms with van der Waals surface area (Å²) in [6.07, 6.45) is 1.59. The smallest absolute Gasteiger partial charge is 0.294 e. The minimum absolute atomic E-state index is 0.00848. The first-order valence-electron chi connectivity index (χ1n) is 10.6. The fourth-order valence-electron chi connectivity index (χ4n) is 3.43. The lowest BCUT2D eigenvalue weighted by molar-refractivity contribution is -0.384. The topological polar surface area (TPSA) is 119 Å². The first kappa shape index (κ1) is 24.9. The number of imide groups is 1. The van der Waals surface area contributed by atoms with Crippen LogP contribution in [0.15, 0.2) is 51.8 Å². The molecule has 2 fully saturated rings. The van der Waals surface area contributed by atoms with Gasteiger partial charge in [0.05, 0.1) is 27.5 Å². The maximum absolute atomic E-state index is 12.8. The highest BCUT2D eigenvalue weighted by Crippen LogP contribution is 2.34. The molecule has 2 aromatic carbocycles. The van der Waals surface area contributed by atoms with Gasteiger partial charge < -0.3 is 14.4 Å². The number of amides is 3. The van der Waals surface area contributed by atoms with E-state index >= 15 is 0 Å². The Morgan fingerprint density at radius 2 is 1.89 bits per heavy atom. The number of halogens is 1. The molecule has 35 heavy (non-hydrogen) atoms. The second kappa shape index (κ2) is 11.0. The van der Waals surface area contributed by atoms with Crippen molar-refractivity contribution in [2.75, 3.05) is 32.8 Å². The van der Waals surface area contributed by atoms with Gasteiger partial charge in [0.1, 0.15) is 18.9 Å². The van der Waals surface area contributed by atoms with E-state index in [1.165, 1.54) is 12.1 Å². The zero-order valence-electron chi connectivity index (χ0n) is 18.3. The molecule has 0 aliphatic carbocycles. The van der Waals surface area contributed by atoms with Gasteiger partial charge >= 0.3 is 0 Å². The number of carbonyl (C=O) groups excluding carboxylic acids is 3. The number of morpholine rings is 1. The SMILES string of the molecule is O=C(CN1C(=O)S/C(=C/c2ccc(OCc3ccc([N+](=O)[O-])cc3)c(Br)c2)C1=O)N1CCOCC1. The van der Waals surface area contributed by atoms with E-state index in [4.69, 9.17) is 9.47 Å². The van der Waals surface area contributed by atoms with Crippen LogP contribution in [0, 0.1) is 10.1 Å². The van der Waals surface area contributed by atoms with E-state index in [-0.39, 0.29) is 29.7 Å². The molecule has 2 aliphatic heterocycles. The Bertz CT molecular complexity index is 1200. The van der Waals surface area contributed by atoms with Crippen molar-refractivity contribution < 1.29 is 28.8 Å². The molecule has 0 saturated carbocycles. The number of nitro benzene ring substituents is 1. The number of carbonyl (C=O) groups is 3. The molecule has 0 spiro atoms. The molecule has 2 aromatic rings. The third-order valence-electron chi connectivity index (χ3n) is 5.33. The number of benzene rings is 2. The Labute approximate surface area is 213 Å². The van der Waals surface area contributed by atoms with Crippen molar-refractivity contribution in [1.82, 2.24) is 9.80 Å². The Hall–Kier alpha value is -3.22. The maximum Gasteiger partial charge on any atom is 0.294 e. The Morgan fingerprint density at radius 3 is 2.54 bits per heavy atom. The van der Waals surface area contributed by atoms with E-state index in [0.29, 0.717) is 42.1 Å². The van der Waals surface area contributed by atoms with Gasteiger partial charge in [-0.3, -0.25) is 29.4 Å². The molecular weight excluding hydrogens is 542 g/mol. The number of ether oxygens (including phenoxy) is 2. The van der Waals surface area contributed by atoms with Crippen LogP contribution < -0.4 is 4.74 Å². The lowest BCUT2D eigenvalue weighted by atomic mass is 10.2. The van der Waals surface area contributed by atoms with Gasteiger partial charge in [0.25, 0.3) is 16.8 Å². The van der Waals surface area contributed by atoms with Crippen LogP contribution in [0.1, 0.15) is 11.1 Å². The molecule has 0 unspecified atom stereocenters. The molecule has 0 atom stereocenters. The fourth-order valence-corrected chi connectivity index (χ4v) is 4.78. The second-order valence-corrected chi connectivity index (χ2v) is 9.51. The van der Waals surface area contributed by atoms with E-state index in [9.17, 15) is 24.5 Å². The van der Waals surface area contributed by atoms with Crippen molar-refractivity contribution in [2.45, 2.75) is 6.61 Å². The van der Waals surface area contributed by atoms with E-state index in [0.717, 1.165) is 22.2 Å². The van der Waals surface area contributed by atoms with Crippen molar-refractivity contribution in [3.05, 3.63) is 73.1 Å². The number of nitro groups is 1. The zero-order chi connectivity index (χ0) is 24.9. The number of rotatable bonds is 7. The van der Waals surface area contributed by atoms with Gasteiger partial charge in [0.2, 0.25) is 5.91 Å². The van der Waals surface area contributed by atoms with E-state index in [2.05, 4.69) is 15.9 Å². The first-order valence-corrected chi connectivity index (χ1v) is 12.2. The summed E-state index contributed by atoms with van der Waals surface area (Å²) in [6.45, 7) is 1.69. The van der Waals surface area contributed by atoms with Crippen LogP contribution >= 0.6 is 27.7 Å². The molecule has 10 nitrogen and oxygen atoms in total. The summed E-state index contributed by atoms with van der Waals surface area (Å²) in [5.41, 5.74) is 1.45. The lowest BCUT2D eigenvalue weighted by Gasteiger charge is -2.28. The van der Waals surface area contributed by atoms with Crippen LogP contribution in [-0.4, -0.2) is 64.6 Å². The number of hydrogen-bond donors (Lipinski definition) is 0. The highest BCUT2D eigenvalue weighted by atomic mass is 79.9. The van der Waals surface area contributed by atoms with Crippen LogP contribution in [0.2, 0.25) is 0 Å². The van der Waals surface area contributed by atoms with Gasteiger partial charge in [-0.15, -0.1) is 0 Å². The number of non-ortho nitro benzene ring substituents is 1. The molecule has 0 radical (unpaired) electrons. The minimum atomic E-state index is -0.503. The predicted molar refractivity (Wildman–Crippen MR) is 132 cm³/mol. The van der Waals surface area contributed by atoms with E-state index in [1.807, 2.05) is 0 Å². The Morgan fingerprint density at radius 1 is 1.17 bits per heavy atom. The van der Waals surface area contributed by atoms with Gasteiger partial charge in [-0.1, -0.05) is 6.07 Å². The maximum atomic E-state index is 12.8. The average Bonchev–Trinajstić information content (AvgIpc) is 3.11. The van der Waals surface area contributed by atoms with Crippen molar-refractivity contribution >= 4 is 56.5 Å². The fraction of sp³-hybridized carbons (Fsp3) is 0.261. The third kappa shape index (κ3) is 6.08. The van der Waals surface area contributed by atoms with Gasteiger partial charge in [-0.05, 0) is 69.2 Å². The van der Waals surface area contributed by atoms with Gasteiger partial charge in [-0.25, -0.2) is 0 Å². The quantitative estimate of drug-likeness (QED) is 0.284. The van der Waals surface area contributed by atoms with Crippen molar-refractivity contribution in [3.8, 4) is 5.75 Å². The molecule has 0 N–H and O–H groups in total. The van der Waals surface area contributed by atoms with Crippen LogP contribution in [0.3, 0.4) is 0 Å². The molecule has 2 heterocycles. The Balaban J connectivity index is 1.38. The van der Waals surface area contributed by atoms with Gasteiger partial charge in [0, 0.05) is 25.2 Å². The third-order valence-corrected chi connectivity index (χ3v) is 6.85. The standard InChI is InChI=1S/C23H20BrN3O7S/c24-18-11-16(3-6-19(18)34-14-15-1-4-17(5-2-15)27(31)32)12-20-22(29)26(23(30)35-20)13-21(28)25-7-9-33-10-8-25/h1-6,11-12H,7-10,13-14H2/b20-12+. The summed E-state index contributed by atoms with van der Waals surface area (Å²) in [6, 6.07) is 11.3. The molecule has 2 aliphatic rings. The zero-order valence-corrected chi connectivity index (χ0v) is 20.7. The van der Waals surface area contributed by atoms with Crippen LogP contribution in [0.5, 0.6) is 5.75 Å². The van der Waals surface area contributed by atoms with E-state index < -0.39 is 16.1 Å². The molecule has 4 rings (SSSR count). The number of thioether (sulfide) groups is 1. The summed E-state index contributed by atoms with van der Waals surface area (Å²) in [5, 5.41) is 10.3. The van der Waals surface area contributed by atoms with Gasteiger partial charge in [-0.2, -0.15) is 0 Å². The monoisotopic (exact) mass is 561 g/mol.